The summed E-state index contributed by atoms with van der Waals surface area (Å²) in [6.07, 6.45) is -5.48. The zero-order valence-corrected chi connectivity index (χ0v) is 17.7. The number of aryl methyl sites for hydroxylation is 1. The molecule has 0 aromatic heterocycles. The molecule has 5 rings (SSSR count). The Balaban J connectivity index is 1.59. The van der Waals surface area contributed by atoms with Crippen molar-refractivity contribution in [3.05, 3.63) is 89.0 Å². The molecule has 0 spiro atoms. The van der Waals surface area contributed by atoms with E-state index in [0.29, 0.717) is 5.56 Å². The molecule has 2 heterocycles. The van der Waals surface area contributed by atoms with Gasteiger partial charge in [-0.2, -0.15) is 18.2 Å². The van der Waals surface area contributed by atoms with Crippen molar-refractivity contribution in [1.82, 2.24) is 21.3 Å². The van der Waals surface area contributed by atoms with Crippen LogP contribution in [0.3, 0.4) is 0 Å². The first-order valence-electron chi connectivity index (χ1n) is 10.0. The van der Waals surface area contributed by atoms with Crippen LogP contribution >= 0.6 is 11.6 Å². The highest BCUT2D eigenvalue weighted by atomic mass is 35.5. The molecule has 9 heteroatoms. The van der Waals surface area contributed by atoms with Crippen LogP contribution in [0.15, 0.2) is 66.7 Å². The quantitative estimate of drug-likeness (QED) is 0.370. The average molecular weight is 461 g/mol. The first-order valence-corrected chi connectivity index (χ1v) is 10.5. The Hall–Kier alpha value is -2.62. The molecule has 3 unspecified atom stereocenters. The molecule has 0 radical (unpaired) electrons. The van der Waals surface area contributed by atoms with Crippen LogP contribution < -0.4 is 21.0 Å². The third-order valence-electron chi connectivity index (χ3n) is 5.59. The predicted octanol–water partition coefficient (Wildman–Crippen LogP) is 5.21. The van der Waals surface area contributed by atoms with Gasteiger partial charge in [-0.1, -0.05) is 71.8 Å². The van der Waals surface area contributed by atoms with Crippen molar-refractivity contribution in [2.45, 2.75) is 31.1 Å². The zero-order chi connectivity index (χ0) is 22.5. The summed E-state index contributed by atoms with van der Waals surface area (Å²) in [5, 5.41) is 1.74. The van der Waals surface area contributed by atoms with E-state index in [0.717, 1.165) is 34.4 Å². The van der Waals surface area contributed by atoms with Crippen molar-refractivity contribution in [2.24, 2.45) is 0 Å². The Kier molecular flexibility index (Phi) is 5.35. The van der Waals surface area contributed by atoms with E-state index in [9.17, 15) is 13.2 Å². The maximum Gasteiger partial charge on any atom is 0.416 e. The number of alkyl halides is 4. The molecule has 3 aromatic rings. The van der Waals surface area contributed by atoms with Gasteiger partial charge in [-0.05, 0) is 30.2 Å². The molecule has 0 bridgehead atoms. The van der Waals surface area contributed by atoms with Crippen molar-refractivity contribution in [3.8, 4) is 16.9 Å². The fourth-order valence-corrected chi connectivity index (χ4v) is 4.26. The lowest BCUT2D eigenvalue weighted by molar-refractivity contribution is -0.137. The molecular weight excluding hydrogens is 441 g/mol. The molecule has 0 amide bonds. The van der Waals surface area contributed by atoms with Crippen LogP contribution in [-0.4, -0.2) is 10.6 Å². The summed E-state index contributed by atoms with van der Waals surface area (Å²) in [5.41, 5.74) is 12.0. The van der Waals surface area contributed by atoms with E-state index in [-0.39, 0.29) is 11.9 Å². The maximum absolute atomic E-state index is 13.5. The molecule has 1 saturated heterocycles. The summed E-state index contributed by atoms with van der Waals surface area (Å²) in [5.74, 6) is 0.125. The minimum atomic E-state index is -4.49. The van der Waals surface area contributed by atoms with Crippen LogP contribution in [0.25, 0.3) is 11.1 Å². The standard InChI is InChI=1S/C23H20ClF3N4O/c1-13-7-9-17-18(11-13)20-28-29-22(24)31(20)30-21(17)32-19-12-15(23(25,26)27)8-10-16(19)14-5-3-2-4-6-14/h2-12,20-22,28-30H,1H3. The first-order chi connectivity index (χ1) is 15.3. The number of fused-ring (bicyclic) bond motifs is 3. The third-order valence-corrected chi connectivity index (χ3v) is 5.91. The fraction of sp³-hybridized carbons (Fsp3) is 0.217. The summed E-state index contributed by atoms with van der Waals surface area (Å²) in [7, 11) is 0. The van der Waals surface area contributed by atoms with E-state index >= 15 is 0 Å². The van der Waals surface area contributed by atoms with Gasteiger partial charge in [0.1, 0.15) is 11.9 Å². The number of ether oxygens (including phenoxy) is 1. The van der Waals surface area contributed by atoms with Gasteiger partial charge in [-0.25, -0.2) is 16.3 Å². The number of hydrazine groups is 2. The zero-order valence-electron chi connectivity index (χ0n) is 17.0. The second-order valence-electron chi connectivity index (χ2n) is 7.77. The molecule has 32 heavy (non-hydrogen) atoms. The van der Waals surface area contributed by atoms with Gasteiger partial charge in [0.2, 0.25) is 0 Å². The van der Waals surface area contributed by atoms with Gasteiger partial charge in [0, 0.05) is 11.1 Å². The third kappa shape index (κ3) is 3.85. The topological polar surface area (TPSA) is 48.6 Å². The van der Waals surface area contributed by atoms with Crippen LogP contribution in [0.1, 0.15) is 34.6 Å². The molecule has 2 aliphatic rings. The molecule has 3 aromatic carbocycles. The number of nitrogens with zero attached hydrogens (tertiary/aromatic N) is 1. The van der Waals surface area contributed by atoms with Crippen LogP contribution in [0.5, 0.6) is 5.75 Å². The van der Waals surface area contributed by atoms with E-state index in [1.807, 2.05) is 55.5 Å². The molecule has 2 aliphatic heterocycles. The van der Waals surface area contributed by atoms with Gasteiger partial charge in [0.05, 0.1) is 5.56 Å². The van der Waals surface area contributed by atoms with Crippen molar-refractivity contribution in [3.63, 3.8) is 0 Å². The lowest BCUT2D eigenvalue weighted by Crippen LogP contribution is -2.50. The van der Waals surface area contributed by atoms with Gasteiger partial charge in [-0.3, -0.25) is 0 Å². The lowest BCUT2D eigenvalue weighted by atomic mass is 9.98. The monoisotopic (exact) mass is 460 g/mol. The average Bonchev–Trinajstić information content (AvgIpc) is 3.14. The van der Waals surface area contributed by atoms with Crippen LogP contribution in [0.4, 0.5) is 13.2 Å². The molecule has 166 valence electrons. The SMILES string of the molecule is Cc1ccc2c(c1)C1NNC(Cl)N1NC2Oc1cc(C(F)(F)F)ccc1-c1ccccc1. The van der Waals surface area contributed by atoms with Gasteiger partial charge in [-0.15, -0.1) is 0 Å². The van der Waals surface area contributed by atoms with E-state index in [1.54, 1.807) is 5.01 Å². The summed E-state index contributed by atoms with van der Waals surface area (Å²) < 4.78 is 46.7. The number of hydrogen-bond donors (Lipinski definition) is 3. The Bertz CT molecular complexity index is 1140. The Morgan fingerprint density at radius 1 is 0.938 bits per heavy atom. The number of hydrogen-bond acceptors (Lipinski definition) is 5. The highest BCUT2D eigenvalue weighted by Gasteiger charge is 2.41. The number of halogens is 4. The second-order valence-corrected chi connectivity index (χ2v) is 8.18. The number of nitrogens with one attached hydrogen (secondary N) is 3. The van der Waals surface area contributed by atoms with E-state index in [4.69, 9.17) is 16.3 Å². The van der Waals surface area contributed by atoms with Gasteiger partial charge in [0.15, 0.2) is 11.9 Å². The van der Waals surface area contributed by atoms with Gasteiger partial charge in [0.25, 0.3) is 0 Å². The van der Waals surface area contributed by atoms with Crippen molar-refractivity contribution in [2.75, 3.05) is 0 Å². The lowest BCUT2D eigenvalue weighted by Gasteiger charge is -2.38. The summed E-state index contributed by atoms with van der Waals surface area (Å²) in [6.45, 7) is 1.98. The first kappa shape index (κ1) is 21.2. The minimum absolute atomic E-state index is 0.125. The second kappa shape index (κ2) is 8.06. The van der Waals surface area contributed by atoms with Crippen LogP contribution in [0.2, 0.25) is 0 Å². The molecular formula is C23H20ClF3N4O. The number of benzene rings is 3. The van der Waals surface area contributed by atoms with Gasteiger partial charge < -0.3 is 4.74 Å². The summed E-state index contributed by atoms with van der Waals surface area (Å²) in [6, 6.07) is 18.6. The highest BCUT2D eigenvalue weighted by molar-refractivity contribution is 6.20. The summed E-state index contributed by atoms with van der Waals surface area (Å²) >= 11 is 6.36. The van der Waals surface area contributed by atoms with E-state index < -0.39 is 23.6 Å². The fourth-order valence-electron chi connectivity index (χ4n) is 4.03. The minimum Gasteiger partial charge on any atom is -0.469 e. The molecule has 3 N–H and O–H groups in total. The highest BCUT2D eigenvalue weighted by Crippen LogP contribution is 2.41. The normalized spacial score (nSPS) is 23.0. The Morgan fingerprint density at radius 3 is 2.47 bits per heavy atom. The van der Waals surface area contributed by atoms with Crippen molar-refractivity contribution >= 4 is 11.6 Å². The molecule has 5 nitrogen and oxygen atoms in total. The Morgan fingerprint density at radius 2 is 1.72 bits per heavy atom. The van der Waals surface area contributed by atoms with Crippen LogP contribution in [0, 0.1) is 6.92 Å². The summed E-state index contributed by atoms with van der Waals surface area (Å²) in [4.78, 5) is 0. The van der Waals surface area contributed by atoms with Gasteiger partial charge >= 0.3 is 6.18 Å². The van der Waals surface area contributed by atoms with E-state index in [2.05, 4.69) is 16.3 Å². The van der Waals surface area contributed by atoms with Crippen LogP contribution in [-0.2, 0) is 6.18 Å². The molecule has 1 fully saturated rings. The predicted molar refractivity (Wildman–Crippen MR) is 115 cm³/mol. The number of rotatable bonds is 3. The maximum atomic E-state index is 13.5. The molecule has 0 aliphatic carbocycles. The molecule has 3 atom stereocenters. The van der Waals surface area contributed by atoms with Crippen molar-refractivity contribution < 1.29 is 17.9 Å². The Labute approximate surface area is 188 Å². The smallest absolute Gasteiger partial charge is 0.416 e. The molecule has 0 saturated carbocycles. The largest absolute Gasteiger partial charge is 0.469 e. The van der Waals surface area contributed by atoms with E-state index in [1.165, 1.54) is 6.07 Å². The van der Waals surface area contributed by atoms with Crippen molar-refractivity contribution in [1.29, 1.82) is 0 Å².